The quantitative estimate of drug-likeness (QED) is 0.0366. The van der Waals surface area contributed by atoms with Gasteiger partial charge in [0.1, 0.15) is 19.8 Å². The van der Waals surface area contributed by atoms with Gasteiger partial charge in [0.05, 0.1) is 62.4 Å². The summed E-state index contributed by atoms with van der Waals surface area (Å²) in [6.45, 7) is 7.02. The van der Waals surface area contributed by atoms with Crippen LogP contribution in [-0.4, -0.2) is 180 Å². The highest BCUT2D eigenvalue weighted by Gasteiger charge is 2.37. The number of nitrogens with one attached hydrogen (secondary N) is 4. The van der Waals surface area contributed by atoms with Crippen molar-refractivity contribution in [2.45, 2.75) is 121 Å². The number of alkyl halides is 2. The van der Waals surface area contributed by atoms with Gasteiger partial charge in [-0.1, -0.05) is 119 Å². The third-order valence-electron chi connectivity index (χ3n) is 15.8. The maximum absolute atomic E-state index is 12.3. The molecule has 5 aliphatic rings. The van der Waals surface area contributed by atoms with E-state index in [1.165, 1.54) is 28.0 Å². The Labute approximate surface area is 576 Å². The fourth-order valence-electron chi connectivity index (χ4n) is 10.9. The van der Waals surface area contributed by atoms with Gasteiger partial charge in [-0.05, 0) is 144 Å². The van der Waals surface area contributed by atoms with E-state index in [2.05, 4.69) is 109 Å². The van der Waals surface area contributed by atoms with Crippen molar-refractivity contribution >= 4 is 47.2 Å². The van der Waals surface area contributed by atoms with Crippen LogP contribution in [0.5, 0.6) is 0 Å². The number of aromatic amines is 1. The molecule has 0 bridgehead atoms. The van der Waals surface area contributed by atoms with Gasteiger partial charge in [0.15, 0.2) is 29.1 Å². The molecule has 5 fully saturated rings. The molecule has 0 spiro atoms. The average molecular weight is 1390 g/mol. The van der Waals surface area contributed by atoms with E-state index in [1.54, 1.807) is 52.3 Å². The lowest BCUT2D eigenvalue weighted by Crippen LogP contribution is -2.32. The number of halogens is 2. The Morgan fingerprint density at radius 2 is 0.959 bits per heavy atom. The monoisotopic (exact) mass is 1390 g/mol. The Bertz CT molecular complexity index is 3740. The van der Waals surface area contributed by atoms with Crippen molar-refractivity contribution in [2.75, 3.05) is 50.5 Å². The Morgan fingerprint density at radius 3 is 1.37 bits per heavy atom. The van der Waals surface area contributed by atoms with Crippen LogP contribution >= 0.6 is 23.2 Å². The fraction of sp³-hybridized carbons (Fsp3) is 0.484. The van der Waals surface area contributed by atoms with Crippen LogP contribution in [0, 0.1) is 6.92 Å². The highest BCUT2D eigenvalue weighted by atomic mass is 35.5. The number of anilines is 1. The van der Waals surface area contributed by atoms with Gasteiger partial charge in [-0.15, -0.1) is 64.0 Å². The second-order valence-electron chi connectivity index (χ2n) is 22.7. The molecule has 0 aliphatic carbocycles. The lowest BCUT2D eigenvalue weighted by Gasteiger charge is -2.22. The number of nitrogens with zero attached hydrogens (tertiary/aromatic N) is 24. The molecule has 0 radical (unpaired) electrons. The second kappa shape index (κ2) is 39.8. The van der Waals surface area contributed by atoms with E-state index in [0.717, 1.165) is 98.5 Å². The number of rotatable bonds is 13. The van der Waals surface area contributed by atoms with Crippen LogP contribution in [0.15, 0.2) is 126 Å². The molecule has 10 heterocycles. The lowest BCUT2D eigenvalue weighted by atomic mass is 10.2. The lowest BCUT2D eigenvalue weighted by molar-refractivity contribution is 0.0898. The van der Waals surface area contributed by atoms with Crippen LogP contribution in [0.25, 0.3) is 0 Å². The molecule has 98 heavy (non-hydrogen) atoms. The number of tetrazole rings is 5. The highest BCUT2D eigenvalue weighted by molar-refractivity contribution is 6.40. The molecule has 14 rings (SSSR count). The predicted octanol–water partition coefficient (Wildman–Crippen LogP) is 8.14. The number of carbonyl (C=O) groups excluding carboxylic acids is 3. The first-order valence-corrected chi connectivity index (χ1v) is 33.2. The molecule has 522 valence electrons. The summed E-state index contributed by atoms with van der Waals surface area (Å²) in [5.41, 5.74) is 7.89. The maximum Gasteiger partial charge on any atom is 0.410 e. The summed E-state index contributed by atoms with van der Waals surface area (Å²) in [5, 5.41) is 74.5. The minimum absolute atomic E-state index is 0.103. The van der Waals surface area contributed by atoms with Crippen molar-refractivity contribution in [2.24, 2.45) is 38.5 Å². The number of likely N-dealkylation sites (tertiary alicyclic amines) is 3. The molecule has 4 N–H and O–H groups in total. The number of amides is 3. The first kappa shape index (κ1) is 73.7. The van der Waals surface area contributed by atoms with Gasteiger partial charge in [-0.25, -0.2) is 23.7 Å². The Kier molecular flexibility index (Phi) is 30.0. The molecule has 3 amide bonds. The number of hydrogen-bond acceptors (Lipinski definition) is 25. The van der Waals surface area contributed by atoms with Crippen LogP contribution in [0.1, 0.15) is 146 Å². The van der Waals surface area contributed by atoms with E-state index in [9.17, 15) is 14.4 Å². The number of hydrogen-bond donors (Lipinski definition) is 4. The normalized spacial score (nSPS) is 18.2. The zero-order valence-corrected chi connectivity index (χ0v) is 57.2. The van der Waals surface area contributed by atoms with Crippen LogP contribution in [0.2, 0.25) is 0 Å². The molecular formula is C62H84Cl2N28O6. The summed E-state index contributed by atoms with van der Waals surface area (Å²) in [6, 6.07) is 37.2. The summed E-state index contributed by atoms with van der Waals surface area (Å²) in [7, 11) is 8.77. The smallest absolute Gasteiger partial charge is 0.410 e. The SMILES string of the molecule is CN=NNc1ccc(C)cc1.ClCCl.Cn1nnc([C@@H]2CCCN2)n1.Cn1nnc([C@@H]2CCCN2C(=O)OCc2ccccc2)n1.Cn1nnnc1[C@@H]1CCCN1.Cn1nnnc1[C@@H]1CCCN1C(=O)OCc1ccccc1.O=C(OCc1ccccc1)N1CCC[C@H]1c1nn[nH]n1. The van der Waals surface area contributed by atoms with Crippen molar-refractivity contribution in [1.29, 1.82) is 0 Å². The zero-order chi connectivity index (χ0) is 69.3. The molecule has 5 aliphatic heterocycles. The van der Waals surface area contributed by atoms with Crippen molar-refractivity contribution in [1.82, 2.24) is 127 Å². The van der Waals surface area contributed by atoms with Crippen LogP contribution in [-0.2, 0) is 62.2 Å². The van der Waals surface area contributed by atoms with E-state index in [1.807, 2.05) is 129 Å². The first-order valence-electron chi connectivity index (χ1n) is 32.1. The Morgan fingerprint density at radius 1 is 0.520 bits per heavy atom. The standard InChI is InChI=1S/2C14H17N5O2.C13H15N5O2.C8H11N3.2C6H11N5.CH2Cl2/c1-18-13(15-16-17-18)12-8-5-9-19(12)14(20)21-10-11-6-3-2-4-7-11;1-18-16-13(15-17-18)12-8-5-9-19(12)14(20)21-10-11-6-3-2-4-7-11;19-13(20-9-10-5-2-1-3-6-10)18-8-4-7-11(18)12-14-16-17-15-12;1-7-3-5-8(6-4-7)10-11-9-2;1-11-6(8-9-10-11)5-3-2-4-7-5;1-11-9-6(8-10-11)5-3-2-4-7-5;2-1-3/h2*2-4,6-7,12H,5,8-10H2,1H3;1-3,5-6,11H,4,7-9H2,(H,14,15,16,17);3-6H,1-2H3,(H,9,10);2*5,7H,2-4H2,1H3;1H2/t2*12-;11-;;2*5-;/m000.00./s1. The van der Waals surface area contributed by atoms with Crippen molar-refractivity contribution in [3.63, 3.8) is 0 Å². The molecule has 5 aromatic heterocycles. The molecule has 5 saturated heterocycles. The second-order valence-corrected chi connectivity index (χ2v) is 23.5. The van der Waals surface area contributed by atoms with E-state index in [-0.39, 0.29) is 61.6 Å². The largest absolute Gasteiger partial charge is 0.445 e. The van der Waals surface area contributed by atoms with Gasteiger partial charge in [0, 0.05) is 33.7 Å². The summed E-state index contributed by atoms with van der Waals surface area (Å²) in [6.07, 6.45) is 9.03. The molecule has 0 saturated carbocycles. The number of H-pyrrole nitrogens is 1. The maximum atomic E-state index is 12.3. The van der Waals surface area contributed by atoms with Crippen LogP contribution < -0.4 is 16.1 Å². The molecular weight excluding hydrogens is 1300 g/mol. The molecule has 4 aromatic carbocycles. The number of aromatic nitrogens is 20. The van der Waals surface area contributed by atoms with Gasteiger partial charge in [-0.2, -0.15) is 19.9 Å². The Balaban J connectivity index is 0.000000152. The number of carbonyl (C=O) groups is 3. The zero-order valence-electron chi connectivity index (χ0n) is 55.7. The highest BCUT2D eigenvalue weighted by Crippen LogP contribution is 2.33. The van der Waals surface area contributed by atoms with Gasteiger partial charge >= 0.3 is 18.3 Å². The van der Waals surface area contributed by atoms with Crippen molar-refractivity contribution in [3.8, 4) is 0 Å². The molecule has 9 aromatic rings. The minimum Gasteiger partial charge on any atom is -0.445 e. The topological polar surface area (TPSA) is 378 Å². The van der Waals surface area contributed by atoms with Gasteiger partial charge in [-0.3, -0.25) is 20.1 Å². The number of benzene rings is 4. The van der Waals surface area contributed by atoms with Gasteiger partial charge < -0.3 is 24.8 Å². The van der Waals surface area contributed by atoms with E-state index >= 15 is 0 Å². The third-order valence-corrected chi connectivity index (χ3v) is 15.8. The van der Waals surface area contributed by atoms with Crippen molar-refractivity contribution in [3.05, 3.63) is 167 Å². The Hall–Kier alpha value is -10.1. The average Bonchev–Trinajstić information content (AvgIpc) is 1.84. The summed E-state index contributed by atoms with van der Waals surface area (Å²) in [5.74, 6) is 3.59. The minimum atomic E-state index is -0.332. The number of ether oxygens (including phenoxy) is 3. The van der Waals surface area contributed by atoms with E-state index < -0.39 is 0 Å². The fourth-order valence-corrected chi connectivity index (χ4v) is 10.9. The molecule has 0 unspecified atom stereocenters. The van der Waals surface area contributed by atoms with E-state index in [4.69, 9.17) is 37.4 Å². The third kappa shape index (κ3) is 23.1. The van der Waals surface area contributed by atoms with E-state index in [0.29, 0.717) is 49.2 Å². The number of aryl methyl sites for hydroxylation is 5. The summed E-state index contributed by atoms with van der Waals surface area (Å²) >= 11 is 9.53. The van der Waals surface area contributed by atoms with Crippen molar-refractivity contribution < 1.29 is 28.6 Å². The van der Waals surface area contributed by atoms with Crippen LogP contribution in [0.3, 0.4) is 0 Å². The molecule has 34 nitrogen and oxygen atoms in total. The predicted molar refractivity (Wildman–Crippen MR) is 357 cm³/mol. The summed E-state index contributed by atoms with van der Waals surface area (Å²) < 4.78 is 19.4. The van der Waals surface area contributed by atoms with Crippen LogP contribution in [0.4, 0.5) is 20.1 Å². The molecule has 36 heteroatoms. The van der Waals surface area contributed by atoms with Gasteiger partial charge in [0.2, 0.25) is 0 Å². The summed E-state index contributed by atoms with van der Waals surface area (Å²) in [4.78, 5) is 44.6. The molecule has 5 atom stereocenters. The first-order chi connectivity index (χ1) is 47.8. The van der Waals surface area contributed by atoms with Gasteiger partial charge in [0.25, 0.3) is 0 Å².